The van der Waals surface area contributed by atoms with E-state index in [4.69, 9.17) is 5.73 Å². The Hall–Kier alpha value is -1.52. The van der Waals surface area contributed by atoms with Crippen molar-refractivity contribution in [1.29, 1.82) is 0 Å². The number of hydrogen-bond donors (Lipinski definition) is 2. The second-order valence-corrected chi connectivity index (χ2v) is 5.25. The summed E-state index contributed by atoms with van der Waals surface area (Å²) in [5.41, 5.74) is 7.61. The molecule has 5 heteroatoms. The first-order chi connectivity index (χ1) is 8.38. The molecule has 18 heavy (non-hydrogen) atoms. The van der Waals surface area contributed by atoms with Gasteiger partial charge in [-0.3, -0.25) is 9.89 Å². The highest BCUT2D eigenvalue weighted by Crippen LogP contribution is 2.23. The van der Waals surface area contributed by atoms with Crippen LogP contribution in [0.5, 0.6) is 0 Å². The minimum absolute atomic E-state index is 0.115. The highest BCUT2D eigenvalue weighted by atomic mass is 16.2. The number of carbonyl (C=O) groups is 1. The molecule has 0 aliphatic carbocycles. The van der Waals surface area contributed by atoms with Crippen LogP contribution in [0.3, 0.4) is 0 Å². The Labute approximate surface area is 109 Å². The standard InChI is InChI=1S/C13H24N4O/c1-6-9(4)7-17(5)13(18)12-10(14)11(8(2)3)15-16-12/h8-9H,6-7,14H2,1-5H3,(H,15,16). The molecule has 0 saturated carbocycles. The highest BCUT2D eigenvalue weighted by molar-refractivity contribution is 5.97. The number of nitrogens with two attached hydrogens (primary N) is 1. The summed E-state index contributed by atoms with van der Waals surface area (Å²) in [6, 6.07) is 0. The number of anilines is 1. The number of nitrogens with one attached hydrogen (secondary N) is 1. The monoisotopic (exact) mass is 252 g/mol. The van der Waals surface area contributed by atoms with Gasteiger partial charge >= 0.3 is 0 Å². The molecule has 0 aromatic carbocycles. The van der Waals surface area contributed by atoms with E-state index in [1.54, 1.807) is 11.9 Å². The molecule has 5 nitrogen and oxygen atoms in total. The summed E-state index contributed by atoms with van der Waals surface area (Å²) in [7, 11) is 1.79. The lowest BCUT2D eigenvalue weighted by Gasteiger charge is -2.20. The zero-order chi connectivity index (χ0) is 13.9. The van der Waals surface area contributed by atoms with E-state index >= 15 is 0 Å². The van der Waals surface area contributed by atoms with Crippen LogP contribution < -0.4 is 5.73 Å². The van der Waals surface area contributed by atoms with Crippen LogP contribution in [0.2, 0.25) is 0 Å². The molecule has 1 atom stereocenters. The zero-order valence-electron chi connectivity index (χ0n) is 11.9. The minimum atomic E-state index is -0.115. The number of aromatic nitrogens is 2. The van der Waals surface area contributed by atoms with E-state index < -0.39 is 0 Å². The molecule has 0 spiro atoms. The number of nitrogens with zero attached hydrogens (tertiary/aromatic N) is 2. The van der Waals surface area contributed by atoms with Crippen LogP contribution >= 0.6 is 0 Å². The van der Waals surface area contributed by atoms with Crippen molar-refractivity contribution in [2.75, 3.05) is 19.3 Å². The van der Waals surface area contributed by atoms with Crippen molar-refractivity contribution in [3.63, 3.8) is 0 Å². The molecule has 0 aliphatic heterocycles. The number of hydrogen-bond acceptors (Lipinski definition) is 3. The van der Waals surface area contributed by atoms with Crippen LogP contribution in [-0.4, -0.2) is 34.6 Å². The molecule has 1 rings (SSSR count). The lowest BCUT2D eigenvalue weighted by molar-refractivity contribution is 0.0770. The third-order valence-electron chi connectivity index (χ3n) is 3.24. The Morgan fingerprint density at radius 2 is 2.06 bits per heavy atom. The van der Waals surface area contributed by atoms with E-state index in [0.717, 1.165) is 18.7 Å². The summed E-state index contributed by atoms with van der Waals surface area (Å²) in [6.45, 7) is 8.99. The lowest BCUT2D eigenvalue weighted by Crippen LogP contribution is -2.31. The summed E-state index contributed by atoms with van der Waals surface area (Å²) < 4.78 is 0. The van der Waals surface area contributed by atoms with Gasteiger partial charge in [0.25, 0.3) is 5.91 Å². The van der Waals surface area contributed by atoms with Crippen molar-refractivity contribution in [2.45, 2.75) is 40.0 Å². The fourth-order valence-electron chi connectivity index (χ4n) is 1.83. The quantitative estimate of drug-likeness (QED) is 0.843. The fraction of sp³-hybridized carbons (Fsp3) is 0.692. The highest BCUT2D eigenvalue weighted by Gasteiger charge is 2.22. The summed E-state index contributed by atoms with van der Waals surface area (Å²) in [4.78, 5) is 13.9. The van der Waals surface area contributed by atoms with Crippen LogP contribution in [0.4, 0.5) is 5.69 Å². The van der Waals surface area contributed by atoms with Crippen molar-refractivity contribution in [2.24, 2.45) is 5.92 Å². The van der Waals surface area contributed by atoms with Crippen LogP contribution in [0, 0.1) is 5.92 Å². The van der Waals surface area contributed by atoms with Gasteiger partial charge in [0.1, 0.15) is 0 Å². The van der Waals surface area contributed by atoms with Gasteiger partial charge in [0.15, 0.2) is 5.69 Å². The van der Waals surface area contributed by atoms with Crippen LogP contribution in [-0.2, 0) is 0 Å². The Kier molecular flexibility index (Phi) is 4.76. The third kappa shape index (κ3) is 3.03. The summed E-state index contributed by atoms with van der Waals surface area (Å²) in [5, 5.41) is 6.90. The number of carbonyl (C=O) groups excluding carboxylic acids is 1. The van der Waals surface area contributed by atoms with Gasteiger partial charge in [-0.25, -0.2) is 0 Å². The number of H-pyrrole nitrogens is 1. The lowest BCUT2D eigenvalue weighted by atomic mass is 10.1. The van der Waals surface area contributed by atoms with Gasteiger partial charge in [-0.2, -0.15) is 5.10 Å². The van der Waals surface area contributed by atoms with Gasteiger partial charge in [-0.1, -0.05) is 34.1 Å². The van der Waals surface area contributed by atoms with Crippen molar-refractivity contribution < 1.29 is 4.79 Å². The van der Waals surface area contributed by atoms with Gasteiger partial charge in [0, 0.05) is 13.6 Å². The summed E-state index contributed by atoms with van der Waals surface area (Å²) in [6.07, 6.45) is 1.05. The van der Waals surface area contributed by atoms with E-state index in [-0.39, 0.29) is 11.8 Å². The smallest absolute Gasteiger partial charge is 0.276 e. The molecular formula is C13H24N4O. The first-order valence-electron chi connectivity index (χ1n) is 6.47. The topological polar surface area (TPSA) is 75.0 Å². The van der Waals surface area contributed by atoms with Gasteiger partial charge in [-0.15, -0.1) is 0 Å². The first kappa shape index (κ1) is 14.5. The third-order valence-corrected chi connectivity index (χ3v) is 3.24. The molecule has 1 heterocycles. The molecular weight excluding hydrogens is 228 g/mol. The predicted molar refractivity (Wildman–Crippen MR) is 73.5 cm³/mol. The number of nitrogen functional groups attached to an aromatic ring is 1. The van der Waals surface area contributed by atoms with Gasteiger partial charge < -0.3 is 10.6 Å². The SMILES string of the molecule is CCC(C)CN(C)C(=O)c1n[nH]c(C(C)C)c1N. The molecule has 0 aliphatic rings. The Morgan fingerprint density at radius 3 is 2.50 bits per heavy atom. The zero-order valence-corrected chi connectivity index (χ0v) is 11.9. The average Bonchev–Trinajstić information content (AvgIpc) is 2.69. The molecule has 3 N–H and O–H groups in total. The van der Waals surface area contributed by atoms with Gasteiger partial charge in [0.2, 0.25) is 0 Å². The van der Waals surface area contributed by atoms with Gasteiger partial charge in [-0.05, 0) is 11.8 Å². The van der Waals surface area contributed by atoms with Crippen molar-refractivity contribution >= 4 is 11.6 Å². The van der Waals surface area contributed by atoms with E-state index in [9.17, 15) is 4.79 Å². The van der Waals surface area contributed by atoms with Crippen LogP contribution in [0.1, 0.15) is 56.2 Å². The molecule has 0 radical (unpaired) electrons. The second kappa shape index (κ2) is 5.89. The summed E-state index contributed by atoms with van der Waals surface area (Å²) in [5.74, 6) is 0.596. The fourth-order valence-corrected chi connectivity index (χ4v) is 1.83. The van der Waals surface area contributed by atoms with Crippen molar-refractivity contribution in [1.82, 2.24) is 15.1 Å². The van der Waals surface area contributed by atoms with Crippen LogP contribution in [0.25, 0.3) is 0 Å². The molecule has 1 unspecified atom stereocenters. The Bertz CT molecular complexity index is 411. The summed E-state index contributed by atoms with van der Waals surface area (Å²) >= 11 is 0. The first-order valence-corrected chi connectivity index (χ1v) is 6.47. The number of rotatable bonds is 5. The van der Waals surface area contributed by atoms with Crippen molar-refractivity contribution in [3.05, 3.63) is 11.4 Å². The second-order valence-electron chi connectivity index (χ2n) is 5.25. The minimum Gasteiger partial charge on any atom is -0.395 e. The Morgan fingerprint density at radius 1 is 1.44 bits per heavy atom. The Balaban J connectivity index is 2.84. The van der Waals surface area contributed by atoms with Gasteiger partial charge in [0.05, 0.1) is 11.4 Å². The molecule has 1 amide bonds. The normalized spacial score (nSPS) is 12.8. The number of amides is 1. The van der Waals surface area contributed by atoms with E-state index in [2.05, 4.69) is 24.0 Å². The maximum absolute atomic E-state index is 12.2. The van der Waals surface area contributed by atoms with E-state index in [1.165, 1.54) is 0 Å². The van der Waals surface area contributed by atoms with E-state index in [1.807, 2.05) is 13.8 Å². The molecule has 0 fully saturated rings. The van der Waals surface area contributed by atoms with Crippen LogP contribution in [0.15, 0.2) is 0 Å². The van der Waals surface area contributed by atoms with Crippen molar-refractivity contribution in [3.8, 4) is 0 Å². The number of aromatic amines is 1. The molecule has 1 aromatic heterocycles. The largest absolute Gasteiger partial charge is 0.395 e. The molecule has 0 bridgehead atoms. The maximum atomic E-state index is 12.2. The molecule has 102 valence electrons. The average molecular weight is 252 g/mol. The van der Waals surface area contributed by atoms with E-state index in [0.29, 0.717) is 17.3 Å². The molecule has 0 saturated heterocycles. The molecule has 1 aromatic rings. The predicted octanol–water partition coefficient (Wildman–Crippen LogP) is 2.23. The maximum Gasteiger partial charge on any atom is 0.276 e.